The molecule has 23 heavy (non-hydrogen) atoms. The van der Waals surface area contributed by atoms with Gasteiger partial charge in [-0.05, 0) is 68.1 Å². The molecule has 0 aliphatic heterocycles. The number of aliphatic hydroxyl groups is 3. The molecular weight excluding hydrogens is 295 g/mol. The predicted molar refractivity (Wildman–Crippen MR) is 85.5 cm³/mol. The van der Waals surface area contributed by atoms with Crippen LogP contribution in [0.5, 0.6) is 0 Å². The largest absolute Gasteiger partial charge is 0.393 e. The second-order valence-corrected chi connectivity index (χ2v) is 9.46. The van der Waals surface area contributed by atoms with Crippen LogP contribution in [-0.2, 0) is 0 Å². The van der Waals surface area contributed by atoms with Gasteiger partial charge in [0.1, 0.15) is 11.8 Å². The molecule has 4 aliphatic rings. The highest BCUT2D eigenvalue weighted by Crippen LogP contribution is 2.67. The van der Waals surface area contributed by atoms with Crippen LogP contribution in [0, 0.1) is 28.6 Å². The third-order valence-electron chi connectivity index (χ3n) is 8.74. The summed E-state index contributed by atoms with van der Waals surface area (Å²) in [6.45, 7) is 4.25. The molecule has 132 valence electrons. The second-order valence-electron chi connectivity index (χ2n) is 9.46. The van der Waals surface area contributed by atoms with Crippen LogP contribution >= 0.6 is 0 Å². The van der Waals surface area contributed by atoms with Crippen molar-refractivity contribution in [3.8, 4) is 0 Å². The number of hydrogen-bond donors (Lipinski definition) is 3. The Kier molecular flexibility index (Phi) is 3.48. The lowest BCUT2D eigenvalue weighted by atomic mass is 9.43. The Balaban J connectivity index is 1.71. The zero-order chi connectivity index (χ0) is 16.6. The first-order chi connectivity index (χ1) is 10.7. The fourth-order valence-electron chi connectivity index (χ4n) is 7.18. The van der Waals surface area contributed by atoms with E-state index in [0.29, 0.717) is 31.1 Å². The molecule has 4 rings (SSSR count). The number of aliphatic hydroxyl groups excluding tert-OH is 2. The van der Waals surface area contributed by atoms with E-state index < -0.39 is 23.3 Å². The summed E-state index contributed by atoms with van der Waals surface area (Å²) in [7, 11) is 0. The summed E-state index contributed by atoms with van der Waals surface area (Å²) < 4.78 is 15.1. The van der Waals surface area contributed by atoms with Gasteiger partial charge in [0.15, 0.2) is 0 Å². The van der Waals surface area contributed by atoms with Crippen molar-refractivity contribution in [1.29, 1.82) is 0 Å². The average molecular weight is 326 g/mol. The van der Waals surface area contributed by atoms with Gasteiger partial charge in [-0.25, -0.2) is 4.39 Å². The molecule has 4 heteroatoms. The number of hydrogen-bond acceptors (Lipinski definition) is 3. The van der Waals surface area contributed by atoms with Crippen molar-refractivity contribution in [3.63, 3.8) is 0 Å². The van der Waals surface area contributed by atoms with Crippen LogP contribution in [0.2, 0.25) is 0 Å². The smallest absolute Gasteiger partial charge is 0.130 e. The van der Waals surface area contributed by atoms with Crippen molar-refractivity contribution in [2.24, 2.45) is 28.6 Å². The minimum absolute atomic E-state index is 0.0686. The number of fused-ring (bicyclic) bond motifs is 5. The Morgan fingerprint density at radius 2 is 1.70 bits per heavy atom. The Labute approximate surface area is 138 Å². The normalized spacial score (nSPS) is 62.3. The molecule has 0 amide bonds. The average Bonchev–Trinajstić information content (AvgIpc) is 2.79. The second kappa shape index (κ2) is 4.92. The SMILES string of the molecule is C[C@]12CC[C@@H]3[C@H](C[C@H](F)[C@@]4(O)C[C@H](O)CC[C@]34C)[C@@H]1CC[C@H]2O. The number of halogens is 1. The van der Waals surface area contributed by atoms with Gasteiger partial charge in [0, 0.05) is 11.8 Å². The first-order valence-electron chi connectivity index (χ1n) is 9.45. The lowest BCUT2D eigenvalue weighted by Crippen LogP contribution is -2.67. The number of rotatable bonds is 0. The summed E-state index contributed by atoms with van der Waals surface area (Å²) in [5, 5.41) is 31.7. The van der Waals surface area contributed by atoms with Crippen LogP contribution in [0.1, 0.15) is 65.2 Å². The molecule has 4 aliphatic carbocycles. The van der Waals surface area contributed by atoms with Crippen molar-refractivity contribution >= 4 is 0 Å². The molecule has 0 spiro atoms. The molecule has 4 saturated carbocycles. The highest BCUT2D eigenvalue weighted by Gasteiger charge is 2.67. The van der Waals surface area contributed by atoms with E-state index in [1.54, 1.807) is 0 Å². The molecule has 0 radical (unpaired) electrons. The van der Waals surface area contributed by atoms with Gasteiger partial charge in [-0.2, -0.15) is 0 Å². The lowest BCUT2D eigenvalue weighted by molar-refractivity contribution is -0.250. The molecule has 0 aromatic rings. The molecule has 0 aromatic carbocycles. The minimum atomic E-state index is -1.38. The summed E-state index contributed by atoms with van der Waals surface area (Å²) in [5.74, 6) is 0.958. The van der Waals surface area contributed by atoms with E-state index in [9.17, 15) is 15.3 Å². The Hall–Kier alpha value is -0.190. The van der Waals surface area contributed by atoms with Crippen LogP contribution in [0.15, 0.2) is 0 Å². The van der Waals surface area contributed by atoms with E-state index in [-0.39, 0.29) is 23.9 Å². The van der Waals surface area contributed by atoms with E-state index >= 15 is 4.39 Å². The summed E-state index contributed by atoms with van der Waals surface area (Å²) >= 11 is 0. The first-order valence-corrected chi connectivity index (χ1v) is 9.45. The van der Waals surface area contributed by atoms with E-state index in [1.165, 1.54) is 0 Å². The van der Waals surface area contributed by atoms with Gasteiger partial charge in [-0.15, -0.1) is 0 Å². The van der Waals surface area contributed by atoms with Crippen LogP contribution in [0.25, 0.3) is 0 Å². The maximum Gasteiger partial charge on any atom is 0.130 e. The number of alkyl halides is 1. The van der Waals surface area contributed by atoms with Crippen molar-refractivity contribution in [2.75, 3.05) is 0 Å². The first kappa shape index (κ1) is 16.3. The summed E-state index contributed by atoms with van der Waals surface area (Å²) in [4.78, 5) is 0. The molecule has 0 aromatic heterocycles. The monoisotopic (exact) mass is 326 g/mol. The van der Waals surface area contributed by atoms with Gasteiger partial charge in [0.05, 0.1) is 12.2 Å². The summed E-state index contributed by atoms with van der Waals surface area (Å²) in [6, 6.07) is 0. The lowest BCUT2D eigenvalue weighted by Gasteiger charge is -2.64. The van der Waals surface area contributed by atoms with Gasteiger partial charge in [0.25, 0.3) is 0 Å². The van der Waals surface area contributed by atoms with Gasteiger partial charge in [-0.1, -0.05) is 13.8 Å². The van der Waals surface area contributed by atoms with Gasteiger partial charge < -0.3 is 15.3 Å². The minimum Gasteiger partial charge on any atom is -0.393 e. The third kappa shape index (κ3) is 1.92. The maximum atomic E-state index is 15.1. The zero-order valence-electron chi connectivity index (χ0n) is 14.3. The standard InChI is InChI=1S/C19H31FO3/c1-17-7-6-14-12(13(17)3-4-16(17)22)9-15(20)19(23)10-11(21)5-8-18(14,19)2/h11-16,21-23H,3-10H2,1-2H3/t11-,12-,13+,14-,15+,16-,17+,18-,19+/m1/s1. The molecule has 0 saturated heterocycles. The Morgan fingerprint density at radius 1 is 0.957 bits per heavy atom. The quantitative estimate of drug-likeness (QED) is 0.641. The molecule has 0 bridgehead atoms. The third-order valence-corrected chi connectivity index (χ3v) is 8.74. The van der Waals surface area contributed by atoms with Crippen LogP contribution in [0.4, 0.5) is 4.39 Å². The molecule has 9 atom stereocenters. The van der Waals surface area contributed by atoms with E-state index in [1.807, 2.05) is 0 Å². The van der Waals surface area contributed by atoms with E-state index in [2.05, 4.69) is 13.8 Å². The fourth-order valence-corrected chi connectivity index (χ4v) is 7.18. The molecule has 3 nitrogen and oxygen atoms in total. The topological polar surface area (TPSA) is 60.7 Å². The molecule has 0 unspecified atom stereocenters. The fraction of sp³-hybridized carbons (Fsp3) is 1.00. The molecular formula is C19H31FO3. The highest BCUT2D eigenvalue weighted by molar-refractivity contribution is 5.17. The van der Waals surface area contributed by atoms with Crippen molar-refractivity contribution in [2.45, 2.75) is 89.2 Å². The van der Waals surface area contributed by atoms with Crippen LogP contribution in [-0.4, -0.2) is 39.3 Å². The van der Waals surface area contributed by atoms with Gasteiger partial charge in [-0.3, -0.25) is 0 Å². The van der Waals surface area contributed by atoms with Crippen LogP contribution < -0.4 is 0 Å². The highest BCUT2D eigenvalue weighted by atomic mass is 19.1. The predicted octanol–water partition coefficient (Wildman–Crippen LogP) is 2.81. The summed E-state index contributed by atoms with van der Waals surface area (Å²) in [5.41, 5.74) is -1.89. The van der Waals surface area contributed by atoms with E-state index in [0.717, 1.165) is 25.7 Å². The van der Waals surface area contributed by atoms with Crippen molar-refractivity contribution in [1.82, 2.24) is 0 Å². The Bertz CT molecular complexity index is 499. The molecule has 0 heterocycles. The van der Waals surface area contributed by atoms with E-state index in [4.69, 9.17) is 0 Å². The van der Waals surface area contributed by atoms with Crippen molar-refractivity contribution < 1.29 is 19.7 Å². The van der Waals surface area contributed by atoms with Gasteiger partial charge in [0.2, 0.25) is 0 Å². The maximum absolute atomic E-state index is 15.1. The Morgan fingerprint density at radius 3 is 2.43 bits per heavy atom. The summed E-state index contributed by atoms with van der Waals surface area (Å²) in [6.07, 6.45) is 3.62. The molecule has 4 fully saturated rings. The van der Waals surface area contributed by atoms with Crippen LogP contribution in [0.3, 0.4) is 0 Å². The zero-order valence-corrected chi connectivity index (χ0v) is 14.3. The van der Waals surface area contributed by atoms with Crippen molar-refractivity contribution in [3.05, 3.63) is 0 Å². The van der Waals surface area contributed by atoms with Gasteiger partial charge >= 0.3 is 0 Å². The molecule has 3 N–H and O–H groups in total.